The Morgan fingerprint density at radius 2 is 1.93 bits per heavy atom. The van der Waals surface area contributed by atoms with E-state index >= 15 is 4.39 Å². The van der Waals surface area contributed by atoms with Crippen molar-refractivity contribution in [3.63, 3.8) is 0 Å². The molecule has 4 aliphatic carbocycles. The molecule has 0 aliphatic heterocycles. The zero-order valence-corrected chi connectivity index (χ0v) is 16.0. The van der Waals surface area contributed by atoms with Gasteiger partial charge in [-0.25, -0.2) is 4.39 Å². The fourth-order valence-corrected chi connectivity index (χ4v) is 7.35. The summed E-state index contributed by atoms with van der Waals surface area (Å²) in [6.07, 6.45) is 4.26. The second kappa shape index (κ2) is 5.71. The highest BCUT2D eigenvalue weighted by Crippen LogP contribution is 2.70. The number of halogens is 1. The maximum absolute atomic E-state index is 15.9. The monoisotopic (exact) mass is 380 g/mol. The minimum Gasteiger partial charge on any atom is -0.388 e. The lowest BCUT2D eigenvalue weighted by atomic mass is 9.44. The van der Waals surface area contributed by atoms with Crippen LogP contribution in [0, 0.1) is 28.6 Å². The zero-order valence-electron chi connectivity index (χ0n) is 16.0. The standard InChI is InChI=1S/C21H29FO5/c1-18-7-5-13(24)9-12(18)3-4-14-15-6-8-20(26,16(25)10-23)19(15,2)11-21(22,27)17(14)18/h9,14-15,17,23,26-27H,3-8,10-11H2,1-2H3/t14-,15-,17-,18-,19-,20-,21?/m0/s1. The van der Waals surface area contributed by atoms with E-state index in [9.17, 15) is 24.9 Å². The summed E-state index contributed by atoms with van der Waals surface area (Å²) in [5.41, 5.74) is -2.57. The molecule has 0 heterocycles. The molecule has 1 unspecified atom stereocenters. The third-order valence-electron chi connectivity index (χ3n) is 8.61. The van der Waals surface area contributed by atoms with Gasteiger partial charge in [-0.1, -0.05) is 19.4 Å². The second-order valence-corrected chi connectivity index (χ2v) is 9.73. The maximum Gasteiger partial charge on any atom is 0.211 e. The number of aliphatic hydroxyl groups excluding tert-OH is 1. The third-order valence-corrected chi connectivity index (χ3v) is 8.61. The third kappa shape index (κ3) is 2.33. The first-order valence-electron chi connectivity index (χ1n) is 10.0. The van der Waals surface area contributed by atoms with Crippen LogP contribution >= 0.6 is 0 Å². The fourth-order valence-electron chi connectivity index (χ4n) is 7.35. The molecule has 3 N–H and O–H groups in total. The molecule has 0 aromatic heterocycles. The highest BCUT2D eigenvalue weighted by molar-refractivity contribution is 5.91. The lowest BCUT2D eigenvalue weighted by molar-refractivity contribution is -0.268. The molecule has 27 heavy (non-hydrogen) atoms. The Morgan fingerprint density at radius 1 is 1.22 bits per heavy atom. The molecule has 0 aromatic carbocycles. The number of alkyl halides is 1. The Morgan fingerprint density at radius 3 is 2.59 bits per heavy atom. The zero-order chi connectivity index (χ0) is 19.8. The van der Waals surface area contributed by atoms with Gasteiger partial charge in [0.2, 0.25) is 5.85 Å². The summed E-state index contributed by atoms with van der Waals surface area (Å²) >= 11 is 0. The number of carbonyl (C=O) groups excluding carboxylic acids is 2. The predicted molar refractivity (Wildman–Crippen MR) is 95.2 cm³/mol. The molecule has 0 radical (unpaired) electrons. The lowest BCUT2D eigenvalue weighted by Gasteiger charge is -2.62. The molecule has 150 valence electrons. The van der Waals surface area contributed by atoms with Crippen molar-refractivity contribution < 1.29 is 29.3 Å². The Hall–Kier alpha value is -1.11. The van der Waals surface area contributed by atoms with Crippen molar-refractivity contribution in [2.75, 3.05) is 6.61 Å². The largest absolute Gasteiger partial charge is 0.388 e. The minimum absolute atomic E-state index is 0.0627. The summed E-state index contributed by atoms with van der Waals surface area (Å²) in [5.74, 6) is -4.09. The van der Waals surface area contributed by atoms with Gasteiger partial charge in [-0.15, -0.1) is 0 Å². The van der Waals surface area contributed by atoms with Gasteiger partial charge in [-0.3, -0.25) is 9.59 Å². The number of carbonyl (C=O) groups is 2. The molecule has 4 rings (SSSR count). The number of aliphatic hydroxyl groups is 3. The normalized spacial score (nSPS) is 51.9. The SMILES string of the molecule is C[C@]12CCC(=O)C=C1CC[C@@H]1[C@@H]2C(O)(F)C[C@@]2(C)[C@H]1CC[C@]2(O)C(=O)CO. The van der Waals surface area contributed by atoms with Crippen LogP contribution in [-0.2, 0) is 9.59 Å². The van der Waals surface area contributed by atoms with E-state index in [1.165, 1.54) is 0 Å². The highest BCUT2D eigenvalue weighted by atomic mass is 19.2. The molecular formula is C21H29FO5. The Bertz CT molecular complexity index is 730. The molecule has 0 aromatic rings. The molecule has 4 aliphatic rings. The van der Waals surface area contributed by atoms with E-state index in [4.69, 9.17) is 0 Å². The first-order chi connectivity index (χ1) is 12.5. The van der Waals surface area contributed by atoms with Crippen LogP contribution in [-0.4, -0.2) is 44.9 Å². The second-order valence-electron chi connectivity index (χ2n) is 9.73. The van der Waals surface area contributed by atoms with Gasteiger partial charge < -0.3 is 15.3 Å². The number of ketones is 2. The molecule has 5 nitrogen and oxygen atoms in total. The maximum atomic E-state index is 15.9. The molecule has 3 saturated carbocycles. The quantitative estimate of drug-likeness (QED) is 0.682. The van der Waals surface area contributed by atoms with Gasteiger partial charge in [0.1, 0.15) is 12.2 Å². The summed E-state index contributed by atoms with van der Waals surface area (Å²) in [6.45, 7) is 2.86. The van der Waals surface area contributed by atoms with Crippen molar-refractivity contribution in [3.8, 4) is 0 Å². The van der Waals surface area contributed by atoms with Crippen molar-refractivity contribution in [1.29, 1.82) is 0 Å². The number of Topliss-reactive ketones (excluding diaryl/α,β-unsaturated/α-hetero) is 1. The van der Waals surface area contributed by atoms with Crippen LogP contribution in [0.1, 0.15) is 58.8 Å². The first kappa shape index (κ1) is 19.2. The average molecular weight is 380 g/mol. The van der Waals surface area contributed by atoms with E-state index in [1.54, 1.807) is 13.0 Å². The van der Waals surface area contributed by atoms with E-state index in [2.05, 4.69) is 0 Å². The molecule has 6 heteroatoms. The van der Waals surface area contributed by atoms with Gasteiger partial charge in [0.05, 0.1) is 0 Å². The van der Waals surface area contributed by atoms with Crippen LogP contribution in [0.25, 0.3) is 0 Å². The van der Waals surface area contributed by atoms with E-state index in [1.807, 2.05) is 6.92 Å². The molecule has 0 bridgehead atoms. The smallest absolute Gasteiger partial charge is 0.211 e. The van der Waals surface area contributed by atoms with Crippen LogP contribution in [0.15, 0.2) is 11.6 Å². The van der Waals surface area contributed by atoms with Crippen LogP contribution in [0.3, 0.4) is 0 Å². The Labute approximate surface area is 158 Å². The highest BCUT2D eigenvalue weighted by Gasteiger charge is 2.72. The van der Waals surface area contributed by atoms with Gasteiger partial charge in [-0.2, -0.15) is 0 Å². The Balaban J connectivity index is 1.79. The summed E-state index contributed by atoms with van der Waals surface area (Å²) in [5, 5.41) is 31.4. The van der Waals surface area contributed by atoms with Crippen LogP contribution in [0.2, 0.25) is 0 Å². The van der Waals surface area contributed by atoms with Crippen LogP contribution in [0.5, 0.6) is 0 Å². The summed E-state index contributed by atoms with van der Waals surface area (Å²) in [4.78, 5) is 24.2. The first-order valence-corrected chi connectivity index (χ1v) is 10.0. The average Bonchev–Trinajstić information content (AvgIpc) is 2.85. The topological polar surface area (TPSA) is 94.8 Å². The minimum atomic E-state index is -2.54. The van der Waals surface area contributed by atoms with E-state index in [0.717, 1.165) is 5.57 Å². The van der Waals surface area contributed by atoms with Gasteiger partial charge in [0.25, 0.3) is 0 Å². The van der Waals surface area contributed by atoms with Crippen molar-refractivity contribution in [2.24, 2.45) is 28.6 Å². The summed E-state index contributed by atoms with van der Waals surface area (Å²) < 4.78 is 15.9. The molecular weight excluding hydrogens is 351 g/mol. The number of hydrogen-bond acceptors (Lipinski definition) is 5. The summed E-state index contributed by atoms with van der Waals surface area (Å²) in [6, 6.07) is 0. The van der Waals surface area contributed by atoms with Gasteiger partial charge in [0.15, 0.2) is 11.6 Å². The van der Waals surface area contributed by atoms with E-state index in [-0.39, 0.29) is 30.5 Å². The van der Waals surface area contributed by atoms with E-state index < -0.39 is 40.6 Å². The summed E-state index contributed by atoms with van der Waals surface area (Å²) in [7, 11) is 0. The number of allylic oxidation sites excluding steroid dienone is 1. The molecule has 7 atom stereocenters. The number of rotatable bonds is 2. The molecule has 0 spiro atoms. The van der Waals surface area contributed by atoms with E-state index in [0.29, 0.717) is 32.1 Å². The molecule has 0 amide bonds. The van der Waals surface area contributed by atoms with Crippen molar-refractivity contribution in [2.45, 2.75) is 70.2 Å². The number of fused-ring (bicyclic) bond motifs is 5. The van der Waals surface area contributed by atoms with Gasteiger partial charge in [-0.05, 0) is 55.4 Å². The van der Waals surface area contributed by atoms with Gasteiger partial charge in [0, 0.05) is 24.2 Å². The van der Waals surface area contributed by atoms with Gasteiger partial charge >= 0.3 is 0 Å². The number of hydrogen-bond donors (Lipinski definition) is 3. The molecule has 0 saturated heterocycles. The Kier molecular flexibility index (Phi) is 4.06. The predicted octanol–water partition coefficient (Wildman–Crippen LogP) is 2.08. The van der Waals surface area contributed by atoms with Crippen molar-refractivity contribution >= 4 is 11.6 Å². The molecule has 3 fully saturated rings. The lowest BCUT2D eigenvalue weighted by Crippen LogP contribution is -2.65. The fraction of sp³-hybridized carbons (Fsp3) is 0.810. The van der Waals surface area contributed by atoms with Crippen molar-refractivity contribution in [1.82, 2.24) is 0 Å². The van der Waals surface area contributed by atoms with Crippen LogP contribution < -0.4 is 0 Å². The van der Waals surface area contributed by atoms with Crippen LogP contribution in [0.4, 0.5) is 4.39 Å². The van der Waals surface area contributed by atoms with Crippen molar-refractivity contribution in [3.05, 3.63) is 11.6 Å².